The molecule has 1 N–H and O–H groups in total. The van der Waals surface area contributed by atoms with Gasteiger partial charge in [0.1, 0.15) is 5.82 Å². The van der Waals surface area contributed by atoms with Gasteiger partial charge in [-0.05, 0) is 42.7 Å². The molecule has 0 saturated heterocycles. The average Bonchev–Trinajstić information content (AvgIpc) is 2.41. The van der Waals surface area contributed by atoms with E-state index in [0.29, 0.717) is 23.6 Å². The number of halogens is 2. The van der Waals surface area contributed by atoms with Gasteiger partial charge in [-0.25, -0.2) is 4.39 Å². The number of carbonyl (C=O) groups excluding carboxylic acids is 1. The predicted octanol–water partition coefficient (Wildman–Crippen LogP) is 3.16. The number of carbonyl (C=O) groups is 1. The first kappa shape index (κ1) is 14.5. The van der Waals surface area contributed by atoms with Crippen molar-refractivity contribution in [2.24, 2.45) is 0 Å². The van der Waals surface area contributed by atoms with Gasteiger partial charge in [0.2, 0.25) is 0 Å². The van der Waals surface area contributed by atoms with Crippen molar-refractivity contribution in [3.05, 3.63) is 64.2 Å². The fraction of sp³-hybridized carbons (Fsp3) is 0.200. The SMILES string of the molecule is Cc1cc(F)ccc1CCNC(=O)c1cnccc1Cl. The van der Waals surface area contributed by atoms with Crippen molar-refractivity contribution in [3.63, 3.8) is 0 Å². The van der Waals surface area contributed by atoms with E-state index in [-0.39, 0.29) is 11.7 Å². The molecule has 20 heavy (non-hydrogen) atoms. The highest BCUT2D eigenvalue weighted by Crippen LogP contribution is 2.13. The van der Waals surface area contributed by atoms with E-state index in [4.69, 9.17) is 11.6 Å². The van der Waals surface area contributed by atoms with Gasteiger partial charge in [0.15, 0.2) is 0 Å². The highest BCUT2D eigenvalue weighted by atomic mass is 35.5. The Balaban J connectivity index is 1.93. The number of aromatic nitrogens is 1. The number of aryl methyl sites for hydroxylation is 1. The summed E-state index contributed by atoms with van der Waals surface area (Å²) in [6.45, 7) is 2.30. The molecule has 5 heteroatoms. The second kappa shape index (κ2) is 6.48. The highest BCUT2D eigenvalue weighted by Gasteiger charge is 2.09. The third kappa shape index (κ3) is 3.54. The largest absolute Gasteiger partial charge is 0.352 e. The van der Waals surface area contributed by atoms with Gasteiger partial charge in [0.25, 0.3) is 5.91 Å². The van der Waals surface area contributed by atoms with Gasteiger partial charge >= 0.3 is 0 Å². The third-order valence-corrected chi connectivity index (χ3v) is 3.33. The maximum absolute atomic E-state index is 13.0. The van der Waals surface area contributed by atoms with Crippen LogP contribution in [0.1, 0.15) is 21.5 Å². The summed E-state index contributed by atoms with van der Waals surface area (Å²) in [4.78, 5) is 15.8. The first-order valence-corrected chi connectivity index (χ1v) is 6.58. The van der Waals surface area contributed by atoms with E-state index in [0.717, 1.165) is 11.1 Å². The molecule has 0 saturated carbocycles. The molecular formula is C15H14ClFN2O. The van der Waals surface area contributed by atoms with Crippen LogP contribution in [0.25, 0.3) is 0 Å². The van der Waals surface area contributed by atoms with Crippen LogP contribution in [-0.4, -0.2) is 17.4 Å². The van der Waals surface area contributed by atoms with Crippen LogP contribution in [0.2, 0.25) is 5.02 Å². The Labute approximate surface area is 121 Å². The standard InChI is InChI=1S/C15H14ClFN2O/c1-10-8-12(17)3-2-11(10)4-7-19-15(20)13-9-18-6-5-14(13)16/h2-3,5-6,8-9H,4,7H2,1H3,(H,19,20). The number of nitrogens with one attached hydrogen (secondary N) is 1. The Morgan fingerprint density at radius 1 is 1.40 bits per heavy atom. The molecule has 2 aromatic rings. The van der Waals surface area contributed by atoms with Crippen LogP contribution in [0.15, 0.2) is 36.7 Å². The minimum absolute atomic E-state index is 0.252. The van der Waals surface area contributed by atoms with E-state index in [1.807, 2.05) is 6.92 Å². The zero-order valence-corrected chi connectivity index (χ0v) is 11.7. The number of hydrogen-bond donors (Lipinski definition) is 1. The Kier molecular flexibility index (Phi) is 4.69. The van der Waals surface area contributed by atoms with Crippen molar-refractivity contribution in [1.29, 1.82) is 0 Å². The van der Waals surface area contributed by atoms with E-state index >= 15 is 0 Å². The summed E-state index contributed by atoms with van der Waals surface area (Å²) in [5, 5.41) is 3.14. The van der Waals surface area contributed by atoms with Crippen molar-refractivity contribution in [1.82, 2.24) is 10.3 Å². The number of nitrogens with zero attached hydrogens (tertiary/aromatic N) is 1. The fourth-order valence-corrected chi connectivity index (χ4v) is 2.08. The van der Waals surface area contributed by atoms with Gasteiger partial charge in [0, 0.05) is 18.9 Å². The van der Waals surface area contributed by atoms with Gasteiger partial charge in [0.05, 0.1) is 10.6 Å². The monoisotopic (exact) mass is 292 g/mol. The molecule has 0 spiro atoms. The summed E-state index contributed by atoms with van der Waals surface area (Å²) >= 11 is 5.92. The molecule has 2 rings (SSSR count). The fourth-order valence-electron chi connectivity index (χ4n) is 1.89. The highest BCUT2D eigenvalue weighted by molar-refractivity contribution is 6.33. The normalized spacial score (nSPS) is 10.3. The lowest BCUT2D eigenvalue weighted by Gasteiger charge is -2.08. The predicted molar refractivity (Wildman–Crippen MR) is 76.4 cm³/mol. The number of amides is 1. The maximum Gasteiger partial charge on any atom is 0.254 e. The van der Waals surface area contributed by atoms with Crippen LogP contribution in [-0.2, 0) is 6.42 Å². The molecule has 1 amide bonds. The topological polar surface area (TPSA) is 42.0 Å². The Morgan fingerprint density at radius 3 is 2.90 bits per heavy atom. The molecule has 0 bridgehead atoms. The lowest BCUT2D eigenvalue weighted by Crippen LogP contribution is -2.26. The molecule has 0 atom stereocenters. The van der Waals surface area contributed by atoms with E-state index < -0.39 is 0 Å². The number of pyridine rings is 1. The zero-order valence-electron chi connectivity index (χ0n) is 11.0. The van der Waals surface area contributed by atoms with Crippen LogP contribution in [0.3, 0.4) is 0 Å². The zero-order chi connectivity index (χ0) is 14.5. The van der Waals surface area contributed by atoms with Gasteiger partial charge in [-0.1, -0.05) is 17.7 Å². The smallest absolute Gasteiger partial charge is 0.254 e. The Morgan fingerprint density at radius 2 is 2.20 bits per heavy atom. The lowest BCUT2D eigenvalue weighted by molar-refractivity contribution is 0.0954. The van der Waals surface area contributed by atoms with Gasteiger partial charge in [-0.3, -0.25) is 9.78 Å². The second-order valence-electron chi connectivity index (χ2n) is 4.43. The van der Waals surface area contributed by atoms with Crippen LogP contribution < -0.4 is 5.32 Å². The minimum Gasteiger partial charge on any atom is -0.352 e. The van der Waals surface area contributed by atoms with E-state index in [1.165, 1.54) is 24.5 Å². The molecule has 3 nitrogen and oxygen atoms in total. The molecule has 1 aromatic heterocycles. The Hall–Kier alpha value is -1.94. The van der Waals surface area contributed by atoms with Crippen molar-refractivity contribution in [2.75, 3.05) is 6.54 Å². The maximum atomic E-state index is 13.0. The molecular weight excluding hydrogens is 279 g/mol. The number of rotatable bonds is 4. The van der Waals surface area contributed by atoms with E-state index in [2.05, 4.69) is 10.3 Å². The molecule has 0 unspecified atom stereocenters. The first-order chi connectivity index (χ1) is 9.58. The van der Waals surface area contributed by atoms with Crippen molar-refractivity contribution >= 4 is 17.5 Å². The average molecular weight is 293 g/mol. The molecule has 0 aliphatic carbocycles. The van der Waals surface area contributed by atoms with Crippen LogP contribution in [0.4, 0.5) is 4.39 Å². The lowest BCUT2D eigenvalue weighted by atomic mass is 10.1. The van der Waals surface area contributed by atoms with E-state index in [9.17, 15) is 9.18 Å². The summed E-state index contributed by atoms with van der Waals surface area (Å²) in [5.74, 6) is -0.514. The summed E-state index contributed by atoms with van der Waals surface area (Å²) in [5.41, 5.74) is 2.23. The van der Waals surface area contributed by atoms with Gasteiger partial charge in [-0.15, -0.1) is 0 Å². The summed E-state index contributed by atoms with van der Waals surface area (Å²) in [6.07, 6.45) is 3.59. The van der Waals surface area contributed by atoms with Crippen LogP contribution in [0.5, 0.6) is 0 Å². The van der Waals surface area contributed by atoms with Crippen molar-refractivity contribution in [2.45, 2.75) is 13.3 Å². The number of hydrogen-bond acceptors (Lipinski definition) is 2. The molecule has 0 fully saturated rings. The molecule has 104 valence electrons. The molecule has 1 aromatic carbocycles. The minimum atomic E-state index is -0.261. The first-order valence-electron chi connectivity index (χ1n) is 6.20. The van der Waals surface area contributed by atoms with Gasteiger partial charge < -0.3 is 5.32 Å². The molecule has 0 radical (unpaired) electrons. The second-order valence-corrected chi connectivity index (χ2v) is 4.84. The third-order valence-electron chi connectivity index (χ3n) is 3.00. The summed E-state index contributed by atoms with van der Waals surface area (Å²) in [7, 11) is 0. The van der Waals surface area contributed by atoms with Crippen LogP contribution in [0, 0.1) is 12.7 Å². The molecule has 0 aliphatic heterocycles. The van der Waals surface area contributed by atoms with Gasteiger partial charge in [-0.2, -0.15) is 0 Å². The Bertz CT molecular complexity index is 631. The quantitative estimate of drug-likeness (QED) is 0.940. The summed E-state index contributed by atoms with van der Waals surface area (Å²) < 4.78 is 13.0. The summed E-state index contributed by atoms with van der Waals surface area (Å²) in [6, 6.07) is 6.20. The van der Waals surface area contributed by atoms with Crippen molar-refractivity contribution < 1.29 is 9.18 Å². The van der Waals surface area contributed by atoms with Crippen molar-refractivity contribution in [3.8, 4) is 0 Å². The van der Waals surface area contributed by atoms with E-state index in [1.54, 1.807) is 12.1 Å². The molecule has 1 heterocycles. The number of benzene rings is 1. The molecule has 0 aliphatic rings. The van der Waals surface area contributed by atoms with Crippen LogP contribution >= 0.6 is 11.6 Å².